The first-order valence-corrected chi connectivity index (χ1v) is 6.62. The van der Waals surface area contributed by atoms with Crippen LogP contribution in [0.25, 0.3) is 11.3 Å². The van der Waals surface area contributed by atoms with E-state index in [-0.39, 0.29) is 5.91 Å². The van der Waals surface area contributed by atoms with Crippen LogP contribution in [0.3, 0.4) is 0 Å². The van der Waals surface area contributed by atoms with Gasteiger partial charge in [0.15, 0.2) is 0 Å². The number of amides is 1. The number of nitrogens with zero attached hydrogens (tertiary/aromatic N) is 2. The van der Waals surface area contributed by atoms with E-state index in [4.69, 9.17) is 5.73 Å². The van der Waals surface area contributed by atoms with Gasteiger partial charge in [-0.1, -0.05) is 0 Å². The largest absolute Gasteiger partial charge is 0.366 e. The molecule has 19 heavy (non-hydrogen) atoms. The van der Waals surface area contributed by atoms with Gasteiger partial charge in [-0.3, -0.25) is 9.78 Å². The van der Waals surface area contributed by atoms with Crippen LogP contribution in [0.15, 0.2) is 24.5 Å². The minimum atomic E-state index is -0.316. The SMILES string of the molecule is Cc1c(C(N)=O)c2n(c1-c1ccncc1)CCCC2. The molecule has 2 N–H and O–H groups in total. The maximum absolute atomic E-state index is 11.7. The van der Waals surface area contributed by atoms with Gasteiger partial charge in [-0.05, 0) is 43.9 Å². The van der Waals surface area contributed by atoms with E-state index >= 15 is 0 Å². The number of aromatic nitrogens is 2. The molecule has 1 amide bonds. The third-order valence-electron chi connectivity index (χ3n) is 3.86. The lowest BCUT2D eigenvalue weighted by Crippen LogP contribution is -2.17. The van der Waals surface area contributed by atoms with Crippen LogP contribution < -0.4 is 5.73 Å². The number of pyridine rings is 1. The summed E-state index contributed by atoms with van der Waals surface area (Å²) in [6.45, 7) is 2.95. The number of hydrogen-bond donors (Lipinski definition) is 1. The number of nitrogens with two attached hydrogens (primary N) is 1. The lowest BCUT2D eigenvalue weighted by Gasteiger charge is -2.18. The molecule has 3 rings (SSSR count). The van der Waals surface area contributed by atoms with E-state index in [1.165, 1.54) is 0 Å². The van der Waals surface area contributed by atoms with Crippen molar-refractivity contribution in [3.8, 4) is 11.3 Å². The molecule has 0 aromatic carbocycles. The van der Waals surface area contributed by atoms with Gasteiger partial charge in [0.25, 0.3) is 5.91 Å². The maximum Gasteiger partial charge on any atom is 0.250 e. The van der Waals surface area contributed by atoms with Crippen LogP contribution in [0.1, 0.15) is 34.5 Å². The summed E-state index contributed by atoms with van der Waals surface area (Å²) in [5.74, 6) is -0.316. The molecule has 2 aromatic heterocycles. The molecule has 4 nitrogen and oxygen atoms in total. The van der Waals surface area contributed by atoms with Crippen LogP contribution in [0.4, 0.5) is 0 Å². The zero-order valence-electron chi connectivity index (χ0n) is 11.0. The zero-order chi connectivity index (χ0) is 13.4. The first-order valence-electron chi connectivity index (χ1n) is 6.62. The first kappa shape index (κ1) is 12.0. The van der Waals surface area contributed by atoms with Gasteiger partial charge in [-0.2, -0.15) is 0 Å². The lowest BCUT2D eigenvalue weighted by atomic mass is 10.0. The van der Waals surface area contributed by atoms with E-state index in [9.17, 15) is 4.79 Å². The summed E-state index contributed by atoms with van der Waals surface area (Å²) < 4.78 is 2.26. The van der Waals surface area contributed by atoms with Crippen LogP contribution >= 0.6 is 0 Å². The molecule has 0 bridgehead atoms. The smallest absolute Gasteiger partial charge is 0.250 e. The molecule has 0 atom stereocenters. The Labute approximate surface area is 112 Å². The minimum Gasteiger partial charge on any atom is -0.366 e. The number of carbonyl (C=O) groups excluding carboxylic acids is 1. The fourth-order valence-electron chi connectivity index (χ4n) is 3.09. The van der Waals surface area contributed by atoms with E-state index in [2.05, 4.69) is 9.55 Å². The molecular weight excluding hydrogens is 238 g/mol. The van der Waals surface area contributed by atoms with E-state index in [0.717, 1.165) is 48.3 Å². The Morgan fingerprint density at radius 2 is 2.05 bits per heavy atom. The van der Waals surface area contributed by atoms with Gasteiger partial charge < -0.3 is 10.3 Å². The van der Waals surface area contributed by atoms with E-state index in [1.807, 2.05) is 19.1 Å². The van der Waals surface area contributed by atoms with Crippen molar-refractivity contribution < 1.29 is 4.79 Å². The summed E-state index contributed by atoms with van der Waals surface area (Å²) in [6.07, 6.45) is 6.77. The molecule has 0 fully saturated rings. The second-order valence-electron chi connectivity index (χ2n) is 5.00. The number of hydrogen-bond acceptors (Lipinski definition) is 2. The Kier molecular flexibility index (Phi) is 2.85. The third kappa shape index (κ3) is 1.84. The number of carbonyl (C=O) groups is 1. The van der Waals surface area contributed by atoms with Crippen LogP contribution in [0.2, 0.25) is 0 Å². The van der Waals surface area contributed by atoms with E-state index in [0.29, 0.717) is 5.56 Å². The Bertz CT molecular complexity index is 629. The normalized spacial score (nSPS) is 14.2. The molecule has 0 spiro atoms. The van der Waals surface area contributed by atoms with Crippen molar-refractivity contribution in [3.63, 3.8) is 0 Å². The number of fused-ring (bicyclic) bond motifs is 1. The Hall–Kier alpha value is -2.10. The summed E-state index contributed by atoms with van der Waals surface area (Å²) in [4.78, 5) is 15.8. The highest BCUT2D eigenvalue weighted by Gasteiger charge is 2.25. The van der Waals surface area contributed by atoms with Crippen LogP contribution in [0, 0.1) is 6.92 Å². The van der Waals surface area contributed by atoms with Crippen molar-refractivity contribution in [2.75, 3.05) is 0 Å². The average molecular weight is 255 g/mol. The summed E-state index contributed by atoms with van der Waals surface area (Å²) in [5.41, 5.74) is 10.6. The Morgan fingerprint density at radius 1 is 1.32 bits per heavy atom. The molecule has 1 aliphatic rings. The topological polar surface area (TPSA) is 60.9 Å². The van der Waals surface area contributed by atoms with Gasteiger partial charge in [0.2, 0.25) is 0 Å². The van der Waals surface area contributed by atoms with Gasteiger partial charge in [0.1, 0.15) is 0 Å². The van der Waals surface area contributed by atoms with Gasteiger partial charge in [0, 0.05) is 30.2 Å². The van der Waals surface area contributed by atoms with Crippen molar-refractivity contribution in [1.29, 1.82) is 0 Å². The van der Waals surface area contributed by atoms with Crippen molar-refractivity contribution in [2.24, 2.45) is 5.73 Å². The molecule has 0 saturated heterocycles. The first-order chi connectivity index (χ1) is 9.20. The second kappa shape index (κ2) is 4.53. The predicted molar refractivity (Wildman–Crippen MR) is 73.9 cm³/mol. The molecule has 4 heteroatoms. The fourth-order valence-corrected chi connectivity index (χ4v) is 3.09. The predicted octanol–water partition coefficient (Wildman–Crippen LogP) is 2.29. The maximum atomic E-state index is 11.7. The van der Waals surface area contributed by atoms with E-state index in [1.54, 1.807) is 12.4 Å². The Balaban J connectivity index is 2.28. The molecule has 0 aliphatic carbocycles. The van der Waals surface area contributed by atoms with Crippen LogP contribution in [-0.4, -0.2) is 15.5 Å². The van der Waals surface area contributed by atoms with Crippen molar-refractivity contribution in [2.45, 2.75) is 32.7 Å². The quantitative estimate of drug-likeness (QED) is 0.895. The highest BCUT2D eigenvalue weighted by molar-refractivity contribution is 5.98. The van der Waals surface area contributed by atoms with Gasteiger partial charge in [0.05, 0.1) is 11.3 Å². The summed E-state index contributed by atoms with van der Waals surface area (Å²) in [5, 5.41) is 0. The average Bonchev–Trinajstić information content (AvgIpc) is 2.71. The summed E-state index contributed by atoms with van der Waals surface area (Å²) in [7, 11) is 0. The minimum absolute atomic E-state index is 0.316. The molecular formula is C15H17N3O. The molecule has 2 aromatic rings. The van der Waals surface area contributed by atoms with Crippen molar-refractivity contribution in [3.05, 3.63) is 41.3 Å². The molecule has 0 saturated carbocycles. The second-order valence-corrected chi connectivity index (χ2v) is 5.00. The Morgan fingerprint density at radius 3 is 2.74 bits per heavy atom. The number of rotatable bonds is 2. The molecule has 1 aliphatic heterocycles. The molecule has 0 radical (unpaired) electrons. The van der Waals surface area contributed by atoms with E-state index < -0.39 is 0 Å². The van der Waals surface area contributed by atoms with Crippen molar-refractivity contribution >= 4 is 5.91 Å². The molecule has 0 unspecified atom stereocenters. The van der Waals surface area contributed by atoms with Crippen LogP contribution in [-0.2, 0) is 13.0 Å². The summed E-state index contributed by atoms with van der Waals surface area (Å²) >= 11 is 0. The lowest BCUT2D eigenvalue weighted by molar-refractivity contribution is 0.0998. The zero-order valence-corrected chi connectivity index (χ0v) is 11.0. The fraction of sp³-hybridized carbons (Fsp3) is 0.333. The van der Waals surface area contributed by atoms with Gasteiger partial charge in [-0.25, -0.2) is 0 Å². The standard InChI is InChI=1S/C15H17N3O/c1-10-13(15(16)19)12-4-2-3-9-18(12)14(10)11-5-7-17-8-6-11/h5-8H,2-4,9H2,1H3,(H2,16,19). The highest BCUT2D eigenvalue weighted by Crippen LogP contribution is 2.34. The third-order valence-corrected chi connectivity index (χ3v) is 3.86. The number of primary amides is 1. The highest BCUT2D eigenvalue weighted by atomic mass is 16.1. The monoisotopic (exact) mass is 255 g/mol. The van der Waals surface area contributed by atoms with Gasteiger partial charge in [-0.15, -0.1) is 0 Å². The van der Waals surface area contributed by atoms with Crippen molar-refractivity contribution in [1.82, 2.24) is 9.55 Å². The van der Waals surface area contributed by atoms with Gasteiger partial charge >= 0.3 is 0 Å². The molecule has 3 heterocycles. The summed E-state index contributed by atoms with van der Waals surface area (Å²) in [6, 6.07) is 3.96. The molecule has 98 valence electrons. The van der Waals surface area contributed by atoms with Crippen LogP contribution in [0.5, 0.6) is 0 Å².